The summed E-state index contributed by atoms with van der Waals surface area (Å²) in [6.45, 7) is 9.61. The number of nitro benzene ring substituents is 1. The van der Waals surface area contributed by atoms with Crippen LogP contribution in [0.2, 0.25) is 0 Å². The third-order valence-corrected chi connectivity index (χ3v) is 2.19. The molecule has 0 aliphatic carbocycles. The van der Waals surface area contributed by atoms with Crippen molar-refractivity contribution in [1.29, 1.82) is 0 Å². The van der Waals surface area contributed by atoms with Crippen LogP contribution in [0.5, 0.6) is 5.75 Å². The number of allylic oxidation sites excluding steroid dienone is 1. The maximum absolute atomic E-state index is 10.8. The Kier molecular flexibility index (Phi) is 4.05. The summed E-state index contributed by atoms with van der Waals surface area (Å²) in [6, 6.07) is 4.83. The molecule has 0 amide bonds. The predicted molar refractivity (Wildman–Crippen MR) is 62.6 cm³/mol. The van der Waals surface area contributed by atoms with Crippen molar-refractivity contribution in [2.75, 3.05) is 6.61 Å². The molecule has 4 heteroatoms. The van der Waals surface area contributed by atoms with E-state index in [9.17, 15) is 10.1 Å². The molecule has 0 fully saturated rings. The van der Waals surface area contributed by atoms with Crippen molar-refractivity contribution in [3.8, 4) is 5.75 Å². The molecule has 1 rings (SSSR count). The van der Waals surface area contributed by atoms with Gasteiger partial charge < -0.3 is 4.74 Å². The van der Waals surface area contributed by atoms with Gasteiger partial charge in [-0.3, -0.25) is 10.1 Å². The van der Waals surface area contributed by atoms with Crippen LogP contribution in [-0.4, -0.2) is 11.5 Å². The maximum Gasteiger partial charge on any atom is 0.311 e. The third-order valence-electron chi connectivity index (χ3n) is 2.19. The number of nitrogens with zero attached hydrogens (tertiary/aromatic N) is 1. The lowest BCUT2D eigenvalue weighted by atomic mass is 10.0. The number of rotatable bonds is 5. The predicted octanol–water partition coefficient (Wildman–Crippen LogP) is 3.10. The fourth-order valence-electron chi connectivity index (χ4n) is 1.32. The highest BCUT2D eigenvalue weighted by Crippen LogP contribution is 2.30. The van der Waals surface area contributed by atoms with E-state index in [0.29, 0.717) is 6.61 Å². The summed E-state index contributed by atoms with van der Waals surface area (Å²) in [5.41, 5.74) is 0.722. The van der Waals surface area contributed by atoms with Crippen molar-refractivity contribution >= 4 is 5.69 Å². The molecular weight excluding hydrogens is 206 g/mol. The van der Waals surface area contributed by atoms with Gasteiger partial charge in [0, 0.05) is 12.0 Å². The van der Waals surface area contributed by atoms with E-state index < -0.39 is 4.92 Å². The van der Waals surface area contributed by atoms with E-state index in [2.05, 4.69) is 13.5 Å². The van der Waals surface area contributed by atoms with Crippen LogP contribution >= 0.6 is 0 Å². The van der Waals surface area contributed by atoms with Crippen molar-refractivity contribution < 1.29 is 9.66 Å². The first-order valence-electron chi connectivity index (χ1n) is 4.97. The van der Waals surface area contributed by atoms with Crippen molar-refractivity contribution in [3.63, 3.8) is 0 Å². The second kappa shape index (κ2) is 5.30. The molecule has 0 aliphatic heterocycles. The highest BCUT2D eigenvalue weighted by atomic mass is 16.6. The SMILES string of the molecule is [CH2]C(C=C)c1ccc(OCC)c([N+](=O)[O-])c1. The van der Waals surface area contributed by atoms with Gasteiger partial charge in [-0.05, 0) is 25.5 Å². The van der Waals surface area contributed by atoms with E-state index in [-0.39, 0.29) is 17.4 Å². The molecule has 0 bridgehead atoms. The Morgan fingerprint density at radius 3 is 2.81 bits per heavy atom. The molecule has 16 heavy (non-hydrogen) atoms. The lowest BCUT2D eigenvalue weighted by molar-refractivity contribution is -0.385. The van der Waals surface area contributed by atoms with E-state index in [1.807, 2.05) is 0 Å². The quantitative estimate of drug-likeness (QED) is 0.435. The Balaban J connectivity index is 3.16. The van der Waals surface area contributed by atoms with E-state index in [0.717, 1.165) is 5.56 Å². The van der Waals surface area contributed by atoms with Gasteiger partial charge in [0.25, 0.3) is 0 Å². The number of ether oxygens (including phenoxy) is 1. The van der Waals surface area contributed by atoms with Crippen LogP contribution in [0.3, 0.4) is 0 Å². The molecule has 1 aromatic rings. The van der Waals surface area contributed by atoms with Crippen LogP contribution in [0.25, 0.3) is 0 Å². The van der Waals surface area contributed by atoms with Gasteiger partial charge in [-0.25, -0.2) is 0 Å². The van der Waals surface area contributed by atoms with Crippen molar-refractivity contribution in [3.05, 3.63) is 53.5 Å². The van der Waals surface area contributed by atoms with Crippen LogP contribution in [0.4, 0.5) is 5.69 Å². The molecular formula is C12H14NO3. The number of benzene rings is 1. The normalized spacial score (nSPS) is 11.9. The van der Waals surface area contributed by atoms with E-state index >= 15 is 0 Å². The molecule has 1 aromatic carbocycles. The third kappa shape index (κ3) is 2.59. The molecule has 85 valence electrons. The van der Waals surface area contributed by atoms with Crippen LogP contribution in [0.15, 0.2) is 30.9 Å². The first kappa shape index (κ1) is 12.2. The van der Waals surface area contributed by atoms with Gasteiger partial charge in [-0.15, -0.1) is 6.58 Å². The molecule has 1 atom stereocenters. The molecule has 0 aromatic heterocycles. The Morgan fingerprint density at radius 2 is 2.31 bits per heavy atom. The van der Waals surface area contributed by atoms with E-state index in [1.54, 1.807) is 25.1 Å². The van der Waals surface area contributed by atoms with Crippen LogP contribution in [0.1, 0.15) is 18.4 Å². The van der Waals surface area contributed by atoms with Crippen LogP contribution in [0, 0.1) is 17.0 Å². The lowest BCUT2D eigenvalue weighted by Crippen LogP contribution is -1.99. The molecule has 0 heterocycles. The fourth-order valence-corrected chi connectivity index (χ4v) is 1.32. The Bertz CT molecular complexity index is 401. The molecule has 0 aliphatic rings. The van der Waals surface area contributed by atoms with Crippen LogP contribution in [-0.2, 0) is 0 Å². The second-order valence-electron chi connectivity index (χ2n) is 3.26. The largest absolute Gasteiger partial charge is 0.487 e. The molecule has 0 N–H and O–H groups in total. The molecule has 1 unspecified atom stereocenters. The van der Waals surface area contributed by atoms with E-state index in [1.165, 1.54) is 6.07 Å². The zero-order chi connectivity index (χ0) is 12.1. The molecule has 1 radical (unpaired) electrons. The summed E-state index contributed by atoms with van der Waals surface area (Å²) in [7, 11) is 0. The number of nitro groups is 1. The number of hydrogen-bond donors (Lipinski definition) is 0. The van der Waals surface area contributed by atoms with Gasteiger partial charge in [0.1, 0.15) is 0 Å². The van der Waals surface area contributed by atoms with Gasteiger partial charge in [-0.1, -0.05) is 12.1 Å². The topological polar surface area (TPSA) is 52.4 Å². The smallest absolute Gasteiger partial charge is 0.311 e. The zero-order valence-electron chi connectivity index (χ0n) is 9.18. The fraction of sp³-hybridized carbons (Fsp3) is 0.250. The lowest BCUT2D eigenvalue weighted by Gasteiger charge is -2.08. The summed E-state index contributed by atoms with van der Waals surface area (Å²) in [4.78, 5) is 10.4. The monoisotopic (exact) mass is 220 g/mol. The molecule has 0 saturated carbocycles. The van der Waals surface area contributed by atoms with Gasteiger partial charge >= 0.3 is 5.69 Å². The summed E-state index contributed by atoms with van der Waals surface area (Å²) >= 11 is 0. The molecule has 0 saturated heterocycles. The van der Waals surface area contributed by atoms with Crippen molar-refractivity contribution in [2.45, 2.75) is 12.8 Å². The van der Waals surface area contributed by atoms with Gasteiger partial charge in [0.15, 0.2) is 5.75 Å². The first-order chi connectivity index (χ1) is 7.60. The summed E-state index contributed by atoms with van der Waals surface area (Å²) in [5.74, 6) is 0.127. The maximum atomic E-state index is 10.8. The Morgan fingerprint density at radius 1 is 1.62 bits per heavy atom. The molecule has 4 nitrogen and oxygen atoms in total. The van der Waals surface area contributed by atoms with E-state index in [4.69, 9.17) is 4.74 Å². The Labute approximate surface area is 94.7 Å². The number of hydrogen-bond acceptors (Lipinski definition) is 3. The minimum Gasteiger partial charge on any atom is -0.487 e. The standard InChI is InChI=1S/C12H14NO3/c1-4-9(3)10-6-7-12(16-5-2)11(8-10)13(14)15/h4,6-9H,1,3,5H2,2H3. The average Bonchev–Trinajstić information content (AvgIpc) is 2.28. The van der Waals surface area contributed by atoms with Gasteiger partial charge in [0.2, 0.25) is 0 Å². The van der Waals surface area contributed by atoms with Gasteiger partial charge in [0.05, 0.1) is 11.5 Å². The zero-order valence-corrected chi connectivity index (χ0v) is 9.18. The highest BCUT2D eigenvalue weighted by molar-refractivity contribution is 5.50. The van der Waals surface area contributed by atoms with Gasteiger partial charge in [-0.2, -0.15) is 0 Å². The summed E-state index contributed by atoms with van der Waals surface area (Å²) in [5, 5.41) is 10.8. The average molecular weight is 220 g/mol. The van der Waals surface area contributed by atoms with Crippen LogP contribution < -0.4 is 4.74 Å². The Hall–Kier alpha value is -1.84. The van der Waals surface area contributed by atoms with Crippen molar-refractivity contribution in [1.82, 2.24) is 0 Å². The minimum absolute atomic E-state index is 0.0325. The second-order valence-corrected chi connectivity index (χ2v) is 3.26. The minimum atomic E-state index is -0.454. The first-order valence-corrected chi connectivity index (χ1v) is 4.97. The molecule has 0 spiro atoms. The highest BCUT2D eigenvalue weighted by Gasteiger charge is 2.16. The summed E-state index contributed by atoms with van der Waals surface area (Å²) < 4.78 is 5.18. The van der Waals surface area contributed by atoms with Crippen molar-refractivity contribution in [2.24, 2.45) is 0 Å². The summed E-state index contributed by atoms with van der Waals surface area (Å²) in [6.07, 6.45) is 1.64.